The van der Waals surface area contributed by atoms with E-state index in [1.54, 1.807) is 6.92 Å². The summed E-state index contributed by atoms with van der Waals surface area (Å²) in [4.78, 5) is 20.1. The van der Waals surface area contributed by atoms with E-state index in [1.807, 2.05) is 37.3 Å². The van der Waals surface area contributed by atoms with Crippen molar-refractivity contribution in [1.82, 2.24) is 20.0 Å². The molecule has 0 bridgehead atoms. The van der Waals surface area contributed by atoms with Crippen molar-refractivity contribution < 1.29 is 0 Å². The second kappa shape index (κ2) is 5.42. The van der Waals surface area contributed by atoms with Crippen molar-refractivity contribution in [2.75, 3.05) is 12.0 Å². The van der Waals surface area contributed by atoms with Gasteiger partial charge in [0.05, 0.1) is 5.69 Å². The number of rotatable bonds is 4. The summed E-state index contributed by atoms with van der Waals surface area (Å²) in [5.41, 5.74) is 6.03. The Morgan fingerprint density at radius 1 is 1.22 bits per heavy atom. The molecule has 2 rings (SSSR count). The van der Waals surface area contributed by atoms with Crippen molar-refractivity contribution in [3.63, 3.8) is 0 Å². The van der Waals surface area contributed by atoms with Crippen LogP contribution < -0.4 is 16.5 Å². The zero-order valence-corrected chi connectivity index (χ0v) is 10.3. The lowest BCUT2D eigenvalue weighted by Gasteiger charge is -2.10. The van der Waals surface area contributed by atoms with Gasteiger partial charge in [-0.05, 0) is 19.1 Å². The van der Waals surface area contributed by atoms with Gasteiger partial charge < -0.3 is 0 Å². The van der Waals surface area contributed by atoms with Gasteiger partial charge in [-0.3, -0.25) is 5.43 Å². The van der Waals surface area contributed by atoms with Crippen LogP contribution in [-0.2, 0) is 0 Å². The average Bonchev–Trinajstić information content (AvgIpc) is 2.37. The molecule has 0 radical (unpaired) electrons. The summed E-state index contributed by atoms with van der Waals surface area (Å²) in [5, 5.41) is 0. The fraction of sp³-hybridized carbons (Fsp3) is 0.250. The Bertz CT molecular complexity index is 579. The number of hydrogen-bond acceptors (Lipinski definition) is 5. The highest BCUT2D eigenvalue weighted by molar-refractivity contribution is 5.33. The number of hydrazine groups is 1. The van der Waals surface area contributed by atoms with Gasteiger partial charge in [0.2, 0.25) is 5.95 Å². The van der Waals surface area contributed by atoms with Crippen molar-refractivity contribution in [1.29, 1.82) is 0 Å². The Morgan fingerprint density at radius 2 is 1.94 bits per heavy atom. The van der Waals surface area contributed by atoms with E-state index in [-0.39, 0.29) is 11.6 Å². The van der Waals surface area contributed by atoms with E-state index < -0.39 is 0 Å². The molecule has 18 heavy (non-hydrogen) atoms. The molecule has 94 valence electrons. The number of nitrogens with one attached hydrogen (secondary N) is 2. The molecule has 0 spiro atoms. The Labute approximate surface area is 105 Å². The molecular weight excluding hydrogens is 230 g/mol. The summed E-state index contributed by atoms with van der Waals surface area (Å²) in [7, 11) is 0. The van der Waals surface area contributed by atoms with Crippen molar-refractivity contribution in [3.8, 4) is 5.69 Å². The van der Waals surface area contributed by atoms with Crippen LogP contribution in [0.4, 0.5) is 5.95 Å². The summed E-state index contributed by atoms with van der Waals surface area (Å²) in [6.07, 6.45) is 0. The first-order valence-electron chi connectivity index (χ1n) is 5.74. The molecule has 0 saturated heterocycles. The van der Waals surface area contributed by atoms with Gasteiger partial charge in [-0.15, -0.1) is 0 Å². The molecule has 1 aromatic carbocycles. The molecule has 0 saturated carbocycles. The fourth-order valence-electron chi connectivity index (χ4n) is 1.60. The summed E-state index contributed by atoms with van der Waals surface area (Å²) < 4.78 is 1.47. The van der Waals surface area contributed by atoms with Gasteiger partial charge in [0, 0.05) is 6.54 Å². The molecule has 1 aromatic heterocycles. The minimum absolute atomic E-state index is 0.284. The average molecular weight is 245 g/mol. The lowest BCUT2D eigenvalue weighted by molar-refractivity contribution is 0.772. The normalized spacial score (nSPS) is 10.3. The van der Waals surface area contributed by atoms with Crippen molar-refractivity contribution in [2.24, 2.45) is 0 Å². The summed E-state index contributed by atoms with van der Waals surface area (Å²) in [6, 6.07) is 9.31. The van der Waals surface area contributed by atoms with E-state index in [2.05, 4.69) is 20.8 Å². The molecule has 1 heterocycles. The fourth-order valence-corrected chi connectivity index (χ4v) is 1.60. The molecule has 0 amide bonds. The maximum absolute atomic E-state index is 12.0. The predicted octanol–water partition coefficient (Wildman–Crippen LogP) is 0.872. The lowest BCUT2D eigenvalue weighted by atomic mass is 10.3. The highest BCUT2D eigenvalue weighted by Crippen LogP contribution is 2.06. The zero-order valence-electron chi connectivity index (χ0n) is 10.3. The number of aryl methyl sites for hydroxylation is 1. The highest BCUT2D eigenvalue weighted by Gasteiger charge is 2.07. The van der Waals surface area contributed by atoms with Gasteiger partial charge in [-0.2, -0.15) is 9.97 Å². The molecule has 0 atom stereocenters. The molecule has 0 aliphatic heterocycles. The van der Waals surface area contributed by atoms with Crippen LogP contribution in [0.1, 0.15) is 12.7 Å². The smallest absolute Gasteiger partial charge is 0.289 e. The molecule has 2 aromatic rings. The first kappa shape index (κ1) is 12.3. The Balaban J connectivity index is 2.42. The van der Waals surface area contributed by atoms with Crippen LogP contribution in [0.25, 0.3) is 5.69 Å². The third kappa shape index (κ3) is 2.54. The van der Waals surface area contributed by atoms with Crippen LogP contribution in [0.2, 0.25) is 0 Å². The standard InChI is InChI=1S/C12H15N5O/c1-3-13-16-11-14-9(2)17(12(18)15-11)10-7-5-4-6-8-10/h4-8,13H,3H2,1-2H3,(H,15,16,18). The van der Waals surface area contributed by atoms with Crippen LogP contribution in [0, 0.1) is 6.92 Å². The van der Waals surface area contributed by atoms with Gasteiger partial charge in [-0.25, -0.2) is 14.8 Å². The molecule has 6 nitrogen and oxygen atoms in total. The summed E-state index contributed by atoms with van der Waals surface area (Å²) in [5.74, 6) is 0.869. The van der Waals surface area contributed by atoms with E-state index in [9.17, 15) is 4.79 Å². The zero-order chi connectivity index (χ0) is 13.0. The second-order valence-corrected chi connectivity index (χ2v) is 3.70. The predicted molar refractivity (Wildman–Crippen MR) is 69.7 cm³/mol. The quantitative estimate of drug-likeness (QED) is 0.782. The number of benzene rings is 1. The number of nitrogens with zero attached hydrogens (tertiary/aromatic N) is 3. The molecule has 2 N–H and O–H groups in total. The molecule has 0 aliphatic rings. The number of anilines is 1. The summed E-state index contributed by atoms with van der Waals surface area (Å²) in [6.45, 7) is 4.42. The van der Waals surface area contributed by atoms with Gasteiger partial charge >= 0.3 is 5.69 Å². The monoisotopic (exact) mass is 245 g/mol. The maximum atomic E-state index is 12.0. The molecule has 0 unspecified atom stereocenters. The highest BCUT2D eigenvalue weighted by atomic mass is 16.1. The van der Waals surface area contributed by atoms with Gasteiger partial charge in [0.25, 0.3) is 0 Å². The number of para-hydroxylation sites is 1. The minimum Gasteiger partial charge on any atom is -0.289 e. The van der Waals surface area contributed by atoms with Crippen molar-refractivity contribution >= 4 is 5.95 Å². The van der Waals surface area contributed by atoms with Crippen LogP contribution in [-0.4, -0.2) is 21.1 Å². The van der Waals surface area contributed by atoms with Gasteiger partial charge in [0.15, 0.2) is 0 Å². The topological polar surface area (TPSA) is 71.8 Å². The second-order valence-electron chi connectivity index (χ2n) is 3.70. The first-order chi connectivity index (χ1) is 8.72. The largest absolute Gasteiger partial charge is 0.356 e. The third-order valence-electron chi connectivity index (χ3n) is 2.38. The molecule has 0 fully saturated rings. The van der Waals surface area contributed by atoms with E-state index in [0.29, 0.717) is 12.4 Å². The third-order valence-corrected chi connectivity index (χ3v) is 2.38. The Morgan fingerprint density at radius 3 is 2.56 bits per heavy atom. The van der Waals surface area contributed by atoms with E-state index in [1.165, 1.54) is 4.57 Å². The van der Waals surface area contributed by atoms with Crippen molar-refractivity contribution in [3.05, 3.63) is 46.6 Å². The van der Waals surface area contributed by atoms with Crippen LogP contribution in [0.3, 0.4) is 0 Å². The maximum Gasteiger partial charge on any atom is 0.356 e. The molecule has 6 heteroatoms. The Kier molecular flexibility index (Phi) is 3.69. The summed E-state index contributed by atoms with van der Waals surface area (Å²) >= 11 is 0. The lowest BCUT2D eigenvalue weighted by Crippen LogP contribution is -2.30. The SMILES string of the molecule is CCNNc1nc(C)n(-c2ccccc2)c(=O)n1. The van der Waals surface area contributed by atoms with Crippen molar-refractivity contribution in [2.45, 2.75) is 13.8 Å². The number of aromatic nitrogens is 3. The van der Waals surface area contributed by atoms with Crippen LogP contribution >= 0.6 is 0 Å². The first-order valence-corrected chi connectivity index (χ1v) is 5.74. The number of hydrogen-bond donors (Lipinski definition) is 2. The van der Waals surface area contributed by atoms with E-state index >= 15 is 0 Å². The van der Waals surface area contributed by atoms with E-state index in [4.69, 9.17) is 0 Å². The minimum atomic E-state index is -0.353. The van der Waals surface area contributed by atoms with Crippen LogP contribution in [0.5, 0.6) is 0 Å². The van der Waals surface area contributed by atoms with Gasteiger partial charge in [-0.1, -0.05) is 25.1 Å². The molecular formula is C12H15N5O. The molecule has 0 aliphatic carbocycles. The Hall–Kier alpha value is -2.21. The van der Waals surface area contributed by atoms with E-state index in [0.717, 1.165) is 5.69 Å². The van der Waals surface area contributed by atoms with Crippen LogP contribution in [0.15, 0.2) is 35.1 Å². The van der Waals surface area contributed by atoms with Gasteiger partial charge in [0.1, 0.15) is 5.82 Å².